The summed E-state index contributed by atoms with van der Waals surface area (Å²) in [7, 11) is 0. The molecule has 0 N–H and O–H groups in total. The second kappa shape index (κ2) is 9.84. The topological polar surface area (TPSA) is 38.1 Å². The van der Waals surface area contributed by atoms with Crippen molar-refractivity contribution in [1.82, 2.24) is 9.97 Å². The van der Waals surface area contributed by atoms with Crippen LogP contribution in [0.4, 0.5) is 0 Å². The van der Waals surface area contributed by atoms with Gasteiger partial charge in [-0.25, -0.2) is 4.98 Å². The van der Waals surface area contributed by atoms with Crippen LogP contribution in [0.3, 0.4) is 0 Å². The van der Waals surface area contributed by atoms with Crippen LogP contribution in [0.2, 0.25) is 0 Å². The van der Waals surface area contributed by atoms with Gasteiger partial charge in [0.2, 0.25) is 0 Å². The zero-order chi connectivity index (χ0) is 18.8. The number of hydrogen-bond donors (Lipinski definition) is 0. The maximum Gasteiger partial charge on any atom is 0.0900 e. The molecule has 0 fully saturated rings. The summed E-state index contributed by atoms with van der Waals surface area (Å²) in [5.41, 5.74) is 5.20. The molecule has 3 rings (SSSR count). The van der Waals surface area contributed by atoms with Crippen LogP contribution in [0.5, 0.6) is 0 Å². The number of benzene rings is 1. The minimum absolute atomic E-state index is 0.681. The molecular formula is C23H23N3. The Morgan fingerprint density at radius 3 is 2.27 bits per heavy atom. The van der Waals surface area contributed by atoms with Gasteiger partial charge in [-0.1, -0.05) is 62.9 Å². The fraction of sp³-hybridized carbons (Fsp3) is 0.0870. The third-order valence-corrected chi connectivity index (χ3v) is 3.57. The average Bonchev–Trinajstić information content (AvgIpc) is 2.74. The highest BCUT2D eigenvalue weighted by molar-refractivity contribution is 5.76. The number of pyridine rings is 2. The minimum Gasteiger partial charge on any atom is -0.262 e. The molecule has 3 heteroatoms. The largest absolute Gasteiger partial charge is 0.262 e. The first-order valence-electron chi connectivity index (χ1n) is 8.60. The molecule has 0 unspecified atom stereocenters. The van der Waals surface area contributed by atoms with Crippen molar-refractivity contribution < 1.29 is 0 Å². The molecule has 0 spiro atoms. The van der Waals surface area contributed by atoms with Crippen molar-refractivity contribution in [2.45, 2.75) is 13.8 Å². The van der Waals surface area contributed by atoms with Crippen LogP contribution >= 0.6 is 0 Å². The van der Waals surface area contributed by atoms with Gasteiger partial charge in [0.15, 0.2) is 0 Å². The van der Waals surface area contributed by atoms with Gasteiger partial charge in [-0.2, -0.15) is 0 Å². The molecule has 0 saturated heterocycles. The molecule has 0 bridgehead atoms. The fourth-order valence-corrected chi connectivity index (χ4v) is 2.44. The summed E-state index contributed by atoms with van der Waals surface area (Å²) in [6, 6.07) is 20.0. The molecule has 0 aliphatic rings. The van der Waals surface area contributed by atoms with Gasteiger partial charge < -0.3 is 0 Å². The molecular weight excluding hydrogens is 318 g/mol. The molecule has 130 valence electrons. The third kappa shape index (κ3) is 4.61. The van der Waals surface area contributed by atoms with E-state index >= 15 is 0 Å². The SMILES string of the molecule is C=C/C=C(\N=C)c1cc(-c2ccccc2)cc(-c2ccccn2)n1.CC. The molecule has 2 aromatic heterocycles. The van der Waals surface area contributed by atoms with Gasteiger partial charge in [-0.05, 0) is 48.2 Å². The van der Waals surface area contributed by atoms with E-state index in [1.807, 2.05) is 62.4 Å². The first-order chi connectivity index (χ1) is 12.8. The summed E-state index contributed by atoms with van der Waals surface area (Å²) in [4.78, 5) is 13.2. The molecule has 2 heterocycles. The average molecular weight is 341 g/mol. The number of allylic oxidation sites excluding steroid dienone is 2. The van der Waals surface area contributed by atoms with Crippen molar-refractivity contribution in [2.24, 2.45) is 4.99 Å². The van der Waals surface area contributed by atoms with Crippen LogP contribution < -0.4 is 0 Å². The lowest BCUT2D eigenvalue weighted by atomic mass is 10.0. The van der Waals surface area contributed by atoms with Gasteiger partial charge in [0.25, 0.3) is 0 Å². The highest BCUT2D eigenvalue weighted by Crippen LogP contribution is 2.27. The summed E-state index contributed by atoms with van der Waals surface area (Å²) in [5, 5.41) is 0. The normalized spacial score (nSPS) is 10.5. The zero-order valence-corrected chi connectivity index (χ0v) is 15.3. The summed E-state index contributed by atoms with van der Waals surface area (Å²) in [5.74, 6) is 0. The molecule has 0 aliphatic heterocycles. The van der Waals surface area contributed by atoms with E-state index in [0.29, 0.717) is 5.70 Å². The van der Waals surface area contributed by atoms with E-state index in [1.54, 1.807) is 18.3 Å². The quantitative estimate of drug-likeness (QED) is 0.417. The predicted octanol–water partition coefficient (Wildman–Crippen LogP) is 6.06. The molecule has 0 amide bonds. The van der Waals surface area contributed by atoms with E-state index in [9.17, 15) is 0 Å². The third-order valence-electron chi connectivity index (χ3n) is 3.57. The van der Waals surface area contributed by atoms with Crippen LogP contribution in [0.25, 0.3) is 28.2 Å². The Hall–Kier alpha value is -3.33. The van der Waals surface area contributed by atoms with Crippen LogP contribution in [-0.2, 0) is 0 Å². The van der Waals surface area contributed by atoms with Crippen molar-refractivity contribution >= 4 is 12.4 Å². The molecule has 0 radical (unpaired) electrons. The Kier molecular flexibility index (Phi) is 7.19. The number of rotatable bonds is 5. The van der Waals surface area contributed by atoms with Gasteiger partial charge in [-0.3, -0.25) is 9.98 Å². The maximum absolute atomic E-state index is 4.71. The monoisotopic (exact) mass is 341 g/mol. The van der Waals surface area contributed by atoms with Gasteiger partial charge in [0, 0.05) is 6.20 Å². The Morgan fingerprint density at radius 2 is 1.65 bits per heavy atom. The Labute approximate surface area is 155 Å². The van der Waals surface area contributed by atoms with Crippen molar-refractivity contribution in [3.63, 3.8) is 0 Å². The van der Waals surface area contributed by atoms with Crippen molar-refractivity contribution in [3.05, 3.63) is 91.3 Å². The van der Waals surface area contributed by atoms with Gasteiger partial charge in [0.1, 0.15) is 0 Å². The van der Waals surface area contributed by atoms with E-state index in [4.69, 9.17) is 4.98 Å². The van der Waals surface area contributed by atoms with Crippen molar-refractivity contribution in [2.75, 3.05) is 0 Å². The van der Waals surface area contributed by atoms with E-state index in [2.05, 4.69) is 35.4 Å². The molecule has 0 saturated carbocycles. The standard InChI is InChI=1S/C21H17N3.C2H6/c1-3-9-18(22-2)20-14-17(16-10-5-4-6-11-16)15-21(24-20)19-12-7-8-13-23-19;1-2/h3-15H,1-2H2;1-2H3/b18-9-;. The zero-order valence-electron chi connectivity index (χ0n) is 15.3. The number of nitrogens with zero attached hydrogens (tertiary/aromatic N) is 3. The molecule has 26 heavy (non-hydrogen) atoms. The summed E-state index contributed by atoms with van der Waals surface area (Å²) < 4.78 is 0. The van der Waals surface area contributed by atoms with Gasteiger partial charge >= 0.3 is 0 Å². The van der Waals surface area contributed by atoms with E-state index in [-0.39, 0.29) is 0 Å². The second-order valence-electron chi connectivity index (χ2n) is 5.15. The summed E-state index contributed by atoms with van der Waals surface area (Å²) in [6.45, 7) is 11.4. The molecule has 1 aromatic carbocycles. The summed E-state index contributed by atoms with van der Waals surface area (Å²) >= 11 is 0. The van der Waals surface area contributed by atoms with E-state index in [1.165, 1.54) is 0 Å². The smallest absolute Gasteiger partial charge is 0.0900 e. The number of aliphatic imine (C=N–C) groups is 1. The molecule has 0 aliphatic carbocycles. The Bertz CT molecular complexity index is 824. The molecule has 3 aromatic rings. The molecule has 0 atom stereocenters. The van der Waals surface area contributed by atoms with Crippen LogP contribution in [0, 0.1) is 0 Å². The first-order valence-corrected chi connectivity index (χ1v) is 8.60. The Balaban J connectivity index is 0.00000117. The van der Waals surface area contributed by atoms with Crippen LogP contribution in [0.15, 0.2) is 90.6 Å². The minimum atomic E-state index is 0.681. The van der Waals surface area contributed by atoms with Crippen LogP contribution in [0.1, 0.15) is 19.5 Å². The first kappa shape index (κ1) is 19.0. The van der Waals surface area contributed by atoms with Gasteiger partial charge in [-0.15, -0.1) is 0 Å². The van der Waals surface area contributed by atoms with Crippen molar-refractivity contribution in [1.29, 1.82) is 0 Å². The summed E-state index contributed by atoms with van der Waals surface area (Å²) in [6.07, 6.45) is 5.24. The Morgan fingerprint density at radius 1 is 0.923 bits per heavy atom. The number of hydrogen-bond acceptors (Lipinski definition) is 3. The molecule has 3 nitrogen and oxygen atoms in total. The number of aromatic nitrogens is 2. The van der Waals surface area contributed by atoms with E-state index < -0.39 is 0 Å². The van der Waals surface area contributed by atoms with Gasteiger partial charge in [0.05, 0.1) is 22.8 Å². The van der Waals surface area contributed by atoms with E-state index in [0.717, 1.165) is 28.2 Å². The van der Waals surface area contributed by atoms with Crippen molar-refractivity contribution in [3.8, 4) is 22.5 Å². The maximum atomic E-state index is 4.71. The lowest BCUT2D eigenvalue weighted by molar-refractivity contribution is 1.21. The highest BCUT2D eigenvalue weighted by Gasteiger charge is 2.10. The lowest BCUT2D eigenvalue weighted by Crippen LogP contribution is -1.94. The second-order valence-corrected chi connectivity index (χ2v) is 5.15. The lowest BCUT2D eigenvalue weighted by Gasteiger charge is -2.09. The van der Waals surface area contributed by atoms with Crippen LogP contribution in [-0.4, -0.2) is 16.7 Å². The fourth-order valence-electron chi connectivity index (χ4n) is 2.44. The predicted molar refractivity (Wildman–Crippen MR) is 112 cm³/mol. The highest BCUT2D eigenvalue weighted by atomic mass is 14.8.